The Hall–Kier alpha value is -2.34. The molecule has 1 aromatic rings. The molecule has 6 heteroatoms. The number of nitrogens with zero attached hydrogens (tertiary/aromatic N) is 2. The van der Waals surface area contributed by atoms with Crippen LogP contribution in [0.1, 0.15) is 5.56 Å². The third kappa shape index (κ3) is 2.06. The standard InChI is InChI=1S/C18H20N2O4/c1-19(2)12-5-3-11(4-6-12)9-20-10-18-8-7-13(24-18)14(17(22)23)15(18)16(20)21/h3-8,13-15H,9-10H2,1-2H3,(H,22,23)/t13-,14-,15+,18-/m0/s1. The second-order valence-electron chi connectivity index (χ2n) is 6.99. The Morgan fingerprint density at radius 1 is 1.38 bits per heavy atom. The number of fused-ring (bicyclic) bond motifs is 1. The van der Waals surface area contributed by atoms with Gasteiger partial charge in [-0.15, -0.1) is 0 Å². The van der Waals surface area contributed by atoms with Crippen molar-refractivity contribution in [3.63, 3.8) is 0 Å². The number of hydrogen-bond acceptors (Lipinski definition) is 4. The largest absolute Gasteiger partial charge is 0.481 e. The number of aliphatic carboxylic acids is 1. The van der Waals surface area contributed by atoms with Crippen LogP contribution in [0.5, 0.6) is 0 Å². The van der Waals surface area contributed by atoms with E-state index >= 15 is 0 Å². The summed E-state index contributed by atoms with van der Waals surface area (Å²) in [7, 11) is 3.96. The molecule has 3 aliphatic heterocycles. The van der Waals surface area contributed by atoms with Crippen molar-refractivity contribution in [2.24, 2.45) is 11.8 Å². The van der Waals surface area contributed by atoms with Gasteiger partial charge in [0.15, 0.2) is 0 Å². The van der Waals surface area contributed by atoms with Gasteiger partial charge in [-0.1, -0.05) is 24.3 Å². The summed E-state index contributed by atoms with van der Waals surface area (Å²) in [6.07, 6.45) is 3.20. The van der Waals surface area contributed by atoms with Crippen molar-refractivity contribution in [3.05, 3.63) is 42.0 Å². The Morgan fingerprint density at radius 2 is 2.08 bits per heavy atom. The predicted molar refractivity (Wildman–Crippen MR) is 87.5 cm³/mol. The first-order valence-electron chi connectivity index (χ1n) is 8.06. The minimum Gasteiger partial charge on any atom is -0.481 e. The Bertz CT molecular complexity index is 727. The SMILES string of the molecule is CN(C)c1ccc(CN2C[C@]34C=C[C@H](O3)[C@H](C(=O)O)[C@@H]4C2=O)cc1. The molecule has 126 valence electrons. The Labute approximate surface area is 140 Å². The van der Waals surface area contributed by atoms with Crippen molar-refractivity contribution in [1.29, 1.82) is 0 Å². The molecule has 3 aliphatic rings. The third-order valence-corrected chi connectivity index (χ3v) is 5.29. The molecule has 6 nitrogen and oxygen atoms in total. The summed E-state index contributed by atoms with van der Waals surface area (Å²) >= 11 is 0. The van der Waals surface area contributed by atoms with Crippen LogP contribution in [-0.4, -0.2) is 54.2 Å². The van der Waals surface area contributed by atoms with Gasteiger partial charge in [0.05, 0.1) is 18.6 Å². The van der Waals surface area contributed by atoms with E-state index in [0.717, 1.165) is 11.3 Å². The van der Waals surface area contributed by atoms with Crippen molar-refractivity contribution in [2.75, 3.05) is 25.5 Å². The van der Waals surface area contributed by atoms with Crippen LogP contribution in [0.2, 0.25) is 0 Å². The van der Waals surface area contributed by atoms with Crippen molar-refractivity contribution < 1.29 is 19.4 Å². The fourth-order valence-electron chi connectivity index (χ4n) is 4.11. The zero-order valence-electron chi connectivity index (χ0n) is 13.7. The van der Waals surface area contributed by atoms with Crippen molar-refractivity contribution in [1.82, 2.24) is 4.90 Å². The lowest BCUT2D eigenvalue weighted by Crippen LogP contribution is -2.39. The first-order chi connectivity index (χ1) is 11.4. The van der Waals surface area contributed by atoms with Crippen LogP contribution in [0, 0.1) is 11.8 Å². The lowest BCUT2D eigenvalue weighted by molar-refractivity contribution is -0.148. The molecule has 0 aromatic heterocycles. The lowest BCUT2D eigenvalue weighted by atomic mass is 9.77. The predicted octanol–water partition coefficient (Wildman–Crippen LogP) is 1.12. The molecule has 0 unspecified atom stereocenters. The number of anilines is 1. The number of likely N-dealkylation sites (tertiary alicyclic amines) is 1. The van der Waals surface area contributed by atoms with Gasteiger partial charge in [0.1, 0.15) is 11.5 Å². The molecule has 3 heterocycles. The number of benzene rings is 1. The first kappa shape index (κ1) is 15.2. The van der Waals surface area contributed by atoms with Gasteiger partial charge < -0.3 is 19.6 Å². The van der Waals surface area contributed by atoms with Crippen LogP contribution < -0.4 is 4.90 Å². The van der Waals surface area contributed by atoms with Crippen molar-refractivity contribution in [3.8, 4) is 0 Å². The zero-order chi connectivity index (χ0) is 17.1. The normalized spacial score (nSPS) is 33.2. The number of rotatable bonds is 4. The first-order valence-corrected chi connectivity index (χ1v) is 8.06. The highest BCUT2D eigenvalue weighted by Gasteiger charge is 2.66. The molecule has 2 fully saturated rings. The van der Waals surface area contributed by atoms with Gasteiger partial charge in [0.25, 0.3) is 0 Å². The molecule has 0 aliphatic carbocycles. The highest BCUT2D eigenvalue weighted by atomic mass is 16.5. The van der Waals surface area contributed by atoms with Crippen LogP contribution >= 0.6 is 0 Å². The second-order valence-corrected chi connectivity index (χ2v) is 6.99. The lowest BCUT2D eigenvalue weighted by Gasteiger charge is -2.21. The van der Waals surface area contributed by atoms with Crippen LogP contribution in [0.3, 0.4) is 0 Å². The van der Waals surface area contributed by atoms with E-state index in [0.29, 0.717) is 13.1 Å². The molecule has 2 bridgehead atoms. The van der Waals surface area contributed by atoms with Crippen molar-refractivity contribution in [2.45, 2.75) is 18.2 Å². The fraction of sp³-hybridized carbons (Fsp3) is 0.444. The average molecular weight is 328 g/mol. The van der Waals surface area contributed by atoms with E-state index in [-0.39, 0.29) is 5.91 Å². The highest BCUT2D eigenvalue weighted by Crippen LogP contribution is 2.52. The molecular weight excluding hydrogens is 308 g/mol. The summed E-state index contributed by atoms with van der Waals surface area (Å²) in [5.74, 6) is -2.46. The average Bonchev–Trinajstić information content (AvgIpc) is 3.16. The number of ether oxygens (including phenoxy) is 1. The number of amides is 1. The van der Waals surface area contributed by atoms with Crippen LogP contribution in [0.15, 0.2) is 36.4 Å². The molecule has 1 N–H and O–H groups in total. The van der Waals surface area contributed by atoms with Crippen LogP contribution in [-0.2, 0) is 20.9 Å². The van der Waals surface area contributed by atoms with E-state index < -0.39 is 29.5 Å². The molecule has 1 amide bonds. The highest BCUT2D eigenvalue weighted by molar-refractivity contribution is 5.90. The van der Waals surface area contributed by atoms with Gasteiger partial charge in [-0.05, 0) is 17.7 Å². The molecular formula is C18H20N2O4. The summed E-state index contributed by atoms with van der Waals surface area (Å²) in [5, 5.41) is 9.47. The van der Waals surface area contributed by atoms with Crippen LogP contribution in [0.25, 0.3) is 0 Å². The van der Waals surface area contributed by atoms with E-state index in [4.69, 9.17) is 4.74 Å². The van der Waals surface area contributed by atoms with Gasteiger partial charge in [0.2, 0.25) is 5.91 Å². The van der Waals surface area contributed by atoms with Gasteiger partial charge >= 0.3 is 5.97 Å². The van der Waals surface area contributed by atoms with E-state index in [2.05, 4.69) is 0 Å². The zero-order valence-corrected chi connectivity index (χ0v) is 13.7. The minimum absolute atomic E-state index is 0.120. The van der Waals surface area contributed by atoms with Gasteiger partial charge in [-0.3, -0.25) is 9.59 Å². The van der Waals surface area contributed by atoms with Crippen molar-refractivity contribution >= 4 is 17.6 Å². The molecule has 1 spiro atoms. The Balaban J connectivity index is 1.55. The molecule has 2 saturated heterocycles. The van der Waals surface area contributed by atoms with Crippen LogP contribution in [0.4, 0.5) is 5.69 Å². The fourth-order valence-corrected chi connectivity index (χ4v) is 4.11. The Kier molecular flexibility index (Phi) is 3.22. The smallest absolute Gasteiger partial charge is 0.310 e. The summed E-state index contributed by atoms with van der Waals surface area (Å²) in [5.41, 5.74) is 1.36. The maximum Gasteiger partial charge on any atom is 0.310 e. The summed E-state index contributed by atoms with van der Waals surface area (Å²) < 4.78 is 5.89. The van der Waals surface area contributed by atoms with E-state index in [1.165, 1.54) is 0 Å². The summed E-state index contributed by atoms with van der Waals surface area (Å²) in [4.78, 5) is 28.1. The molecule has 1 aromatic carbocycles. The number of carbonyl (C=O) groups is 2. The number of carboxylic acids is 1. The molecule has 24 heavy (non-hydrogen) atoms. The molecule has 0 radical (unpaired) electrons. The van der Waals surface area contributed by atoms with E-state index in [1.807, 2.05) is 49.3 Å². The quantitative estimate of drug-likeness (QED) is 0.839. The molecule has 4 rings (SSSR count). The van der Waals surface area contributed by atoms with E-state index in [1.54, 1.807) is 11.0 Å². The molecule has 0 saturated carbocycles. The minimum atomic E-state index is -0.957. The maximum atomic E-state index is 12.8. The number of hydrogen-bond donors (Lipinski definition) is 1. The summed E-state index contributed by atoms with van der Waals surface area (Å²) in [6, 6.07) is 8.02. The van der Waals surface area contributed by atoms with E-state index in [9.17, 15) is 14.7 Å². The number of carboxylic acid groups (broad SMARTS) is 1. The summed E-state index contributed by atoms with van der Waals surface area (Å²) in [6.45, 7) is 0.891. The van der Waals surface area contributed by atoms with Gasteiger partial charge in [-0.2, -0.15) is 0 Å². The number of carbonyl (C=O) groups excluding carboxylic acids is 1. The molecule has 4 atom stereocenters. The maximum absolute atomic E-state index is 12.8. The van der Waals surface area contributed by atoms with Gasteiger partial charge in [-0.25, -0.2) is 0 Å². The third-order valence-electron chi connectivity index (χ3n) is 5.29. The second kappa shape index (κ2) is 5.08. The van der Waals surface area contributed by atoms with Gasteiger partial charge in [0, 0.05) is 26.3 Å². The Morgan fingerprint density at radius 3 is 2.71 bits per heavy atom. The topological polar surface area (TPSA) is 70.1 Å². The monoisotopic (exact) mass is 328 g/mol.